The van der Waals surface area contributed by atoms with E-state index < -0.39 is 6.10 Å². The first-order valence-electron chi connectivity index (χ1n) is 13.0. The van der Waals surface area contributed by atoms with Crippen LogP contribution in [0.4, 0.5) is 10.5 Å². The molecule has 2 amide bonds. The maximum Gasteiger partial charge on any atom is 0.320 e. The highest BCUT2D eigenvalue weighted by Gasteiger charge is 2.37. The summed E-state index contributed by atoms with van der Waals surface area (Å²) in [5.41, 5.74) is 4.80. The van der Waals surface area contributed by atoms with Crippen molar-refractivity contribution in [3.05, 3.63) is 59.4 Å². The van der Waals surface area contributed by atoms with Gasteiger partial charge in [-0.3, -0.25) is 9.88 Å². The van der Waals surface area contributed by atoms with E-state index >= 15 is 0 Å². The number of anilines is 1. The molecule has 35 heavy (non-hydrogen) atoms. The van der Waals surface area contributed by atoms with Gasteiger partial charge in [0.15, 0.2) is 0 Å². The van der Waals surface area contributed by atoms with Crippen molar-refractivity contribution in [2.75, 3.05) is 50.8 Å². The number of fused-ring (bicyclic) bond motifs is 3. The van der Waals surface area contributed by atoms with E-state index in [0.29, 0.717) is 44.8 Å². The maximum absolute atomic E-state index is 13.0. The van der Waals surface area contributed by atoms with E-state index in [1.54, 1.807) is 4.90 Å². The van der Waals surface area contributed by atoms with Gasteiger partial charge in [-0.2, -0.15) is 0 Å². The van der Waals surface area contributed by atoms with Crippen molar-refractivity contribution in [3.8, 4) is 0 Å². The average Bonchev–Trinajstić information content (AvgIpc) is 3.33. The Kier molecular flexibility index (Phi) is 6.35. The molecule has 4 aliphatic rings. The van der Waals surface area contributed by atoms with E-state index in [-0.39, 0.29) is 6.03 Å². The molecule has 0 saturated carbocycles. The third-order valence-electron chi connectivity index (χ3n) is 7.99. The van der Waals surface area contributed by atoms with Crippen LogP contribution >= 0.6 is 0 Å². The number of aromatic nitrogens is 1. The Balaban J connectivity index is 1.00. The van der Waals surface area contributed by atoms with E-state index in [2.05, 4.69) is 45.1 Å². The predicted molar refractivity (Wildman–Crippen MR) is 133 cm³/mol. The van der Waals surface area contributed by atoms with E-state index in [0.717, 1.165) is 44.1 Å². The summed E-state index contributed by atoms with van der Waals surface area (Å²) >= 11 is 0. The van der Waals surface area contributed by atoms with Crippen LogP contribution in [-0.2, 0) is 24.2 Å². The first-order valence-corrected chi connectivity index (χ1v) is 13.0. The predicted octanol–water partition coefficient (Wildman–Crippen LogP) is 2.11. The van der Waals surface area contributed by atoms with Gasteiger partial charge in [0.1, 0.15) is 0 Å². The van der Waals surface area contributed by atoms with Crippen molar-refractivity contribution < 1.29 is 14.6 Å². The zero-order chi connectivity index (χ0) is 23.8. The fourth-order valence-corrected chi connectivity index (χ4v) is 6.18. The number of pyridine rings is 1. The molecule has 8 heteroatoms. The lowest BCUT2D eigenvalue weighted by Gasteiger charge is -2.36. The first-order chi connectivity index (χ1) is 17.1. The standard InChI is InChI=1S/C27H35N5O3/c33-26(16-29-10-9-20-3-1-2-4-21(20)14-29)17-31-12-11-30(27(31)34)15-22-5-6-23(13-28-22)32-24-7-8-25(32)19-35-18-24/h1-6,13,24-26,33H,7-12,14-19H2. The Morgan fingerprint density at radius 3 is 2.51 bits per heavy atom. The molecular formula is C27H35N5O3. The largest absolute Gasteiger partial charge is 0.390 e. The average molecular weight is 478 g/mol. The zero-order valence-corrected chi connectivity index (χ0v) is 20.3. The minimum absolute atomic E-state index is 0.00913. The number of morpholine rings is 1. The summed E-state index contributed by atoms with van der Waals surface area (Å²) in [6, 6.07) is 13.6. The second kappa shape index (κ2) is 9.76. The summed E-state index contributed by atoms with van der Waals surface area (Å²) in [7, 11) is 0. The third-order valence-corrected chi connectivity index (χ3v) is 7.99. The number of carbonyl (C=O) groups is 1. The summed E-state index contributed by atoms with van der Waals surface area (Å²) in [6.45, 7) is 6.19. The molecule has 3 unspecified atom stereocenters. The molecule has 1 aromatic carbocycles. The Labute approximate surface area is 207 Å². The Morgan fingerprint density at radius 1 is 0.971 bits per heavy atom. The molecular weight excluding hydrogens is 442 g/mol. The van der Waals surface area contributed by atoms with Gasteiger partial charge in [0.05, 0.1) is 55.5 Å². The summed E-state index contributed by atoms with van der Waals surface area (Å²) in [5.74, 6) is 0. The quantitative estimate of drug-likeness (QED) is 0.659. The van der Waals surface area contributed by atoms with Crippen molar-refractivity contribution in [2.24, 2.45) is 0 Å². The van der Waals surface area contributed by atoms with E-state index in [1.807, 2.05) is 17.2 Å². The number of aliphatic hydroxyl groups is 1. The van der Waals surface area contributed by atoms with Crippen LogP contribution < -0.4 is 4.90 Å². The number of carbonyl (C=O) groups excluding carboxylic acids is 1. The molecule has 0 radical (unpaired) electrons. The molecule has 3 saturated heterocycles. The fraction of sp³-hybridized carbons (Fsp3) is 0.556. The summed E-state index contributed by atoms with van der Waals surface area (Å²) in [6.07, 6.45) is 4.77. The van der Waals surface area contributed by atoms with Crippen LogP contribution in [0, 0.1) is 0 Å². The number of aliphatic hydroxyl groups excluding tert-OH is 1. The lowest BCUT2D eigenvalue weighted by atomic mass is 10.00. The molecule has 3 atom stereocenters. The lowest BCUT2D eigenvalue weighted by molar-refractivity contribution is 0.0812. The Hall–Kier alpha value is -2.68. The molecule has 5 heterocycles. The molecule has 0 aliphatic carbocycles. The van der Waals surface area contributed by atoms with Crippen LogP contribution in [0.3, 0.4) is 0 Å². The SMILES string of the molecule is O=C1N(Cc2ccc(N3C4CCC3COC4)cn2)CCN1CC(O)CN1CCc2ccccc2C1. The normalized spacial score (nSPS) is 25.3. The summed E-state index contributed by atoms with van der Waals surface area (Å²) in [4.78, 5) is 26.0. The molecule has 8 nitrogen and oxygen atoms in total. The number of hydrogen-bond acceptors (Lipinski definition) is 6. The van der Waals surface area contributed by atoms with E-state index in [1.165, 1.54) is 24.0 Å². The number of ether oxygens (including phenoxy) is 1. The van der Waals surface area contributed by atoms with Crippen molar-refractivity contribution >= 4 is 11.7 Å². The van der Waals surface area contributed by atoms with Crippen LogP contribution in [0.25, 0.3) is 0 Å². The van der Waals surface area contributed by atoms with Gasteiger partial charge in [0.25, 0.3) is 0 Å². The zero-order valence-electron chi connectivity index (χ0n) is 20.3. The molecule has 3 fully saturated rings. The molecule has 4 aliphatic heterocycles. The van der Waals surface area contributed by atoms with Gasteiger partial charge in [-0.1, -0.05) is 24.3 Å². The number of rotatable bonds is 7. The van der Waals surface area contributed by atoms with Crippen LogP contribution in [0.15, 0.2) is 42.6 Å². The molecule has 1 aromatic heterocycles. The first kappa shape index (κ1) is 22.8. The molecule has 0 spiro atoms. The number of urea groups is 1. The van der Waals surface area contributed by atoms with Crippen molar-refractivity contribution in [1.29, 1.82) is 0 Å². The maximum atomic E-state index is 13.0. The van der Waals surface area contributed by atoms with E-state index in [9.17, 15) is 9.90 Å². The smallest absolute Gasteiger partial charge is 0.320 e. The van der Waals surface area contributed by atoms with Crippen molar-refractivity contribution in [2.45, 2.75) is 50.5 Å². The number of amides is 2. The van der Waals surface area contributed by atoms with Gasteiger partial charge in [-0.15, -0.1) is 0 Å². The van der Waals surface area contributed by atoms with Gasteiger partial charge in [0.2, 0.25) is 0 Å². The molecule has 1 N–H and O–H groups in total. The molecule has 2 aromatic rings. The van der Waals surface area contributed by atoms with Gasteiger partial charge in [-0.05, 0) is 42.5 Å². The Bertz CT molecular complexity index is 1030. The topological polar surface area (TPSA) is 72.4 Å². The number of nitrogens with zero attached hydrogens (tertiary/aromatic N) is 5. The number of benzene rings is 1. The highest BCUT2D eigenvalue weighted by molar-refractivity contribution is 5.76. The highest BCUT2D eigenvalue weighted by atomic mass is 16.5. The highest BCUT2D eigenvalue weighted by Crippen LogP contribution is 2.33. The molecule has 186 valence electrons. The summed E-state index contributed by atoms with van der Waals surface area (Å²) < 4.78 is 5.70. The molecule has 2 bridgehead atoms. The minimum atomic E-state index is -0.550. The monoisotopic (exact) mass is 477 g/mol. The van der Waals surface area contributed by atoms with Gasteiger partial charge >= 0.3 is 6.03 Å². The molecule has 6 rings (SSSR count). The third kappa shape index (κ3) is 4.75. The van der Waals surface area contributed by atoms with Gasteiger partial charge in [-0.25, -0.2) is 4.79 Å². The van der Waals surface area contributed by atoms with Crippen molar-refractivity contribution in [1.82, 2.24) is 19.7 Å². The fourth-order valence-electron chi connectivity index (χ4n) is 6.18. The second-order valence-corrected chi connectivity index (χ2v) is 10.4. The minimum Gasteiger partial charge on any atom is -0.390 e. The summed E-state index contributed by atoms with van der Waals surface area (Å²) in [5, 5.41) is 10.7. The van der Waals surface area contributed by atoms with Gasteiger partial charge in [0, 0.05) is 39.3 Å². The number of hydrogen-bond donors (Lipinski definition) is 1. The number of β-amino-alcohol motifs (C(OH)–C–C–N with tert-alkyl or cyclic N) is 1. The van der Waals surface area contributed by atoms with Crippen LogP contribution in [0.5, 0.6) is 0 Å². The van der Waals surface area contributed by atoms with Gasteiger partial charge < -0.3 is 24.5 Å². The van der Waals surface area contributed by atoms with Crippen molar-refractivity contribution in [3.63, 3.8) is 0 Å². The lowest BCUT2D eigenvalue weighted by Crippen LogP contribution is -2.46. The van der Waals surface area contributed by atoms with E-state index in [4.69, 9.17) is 4.74 Å². The Morgan fingerprint density at radius 2 is 1.74 bits per heavy atom. The second-order valence-electron chi connectivity index (χ2n) is 10.4. The van der Waals surface area contributed by atoms with Crippen LogP contribution in [0.2, 0.25) is 0 Å². The van der Waals surface area contributed by atoms with Crippen LogP contribution in [0.1, 0.15) is 29.7 Å². The van der Waals surface area contributed by atoms with Crippen LogP contribution in [-0.4, -0.2) is 94.9 Å².